The van der Waals surface area contributed by atoms with Gasteiger partial charge in [0.1, 0.15) is 0 Å². The Morgan fingerprint density at radius 1 is 1.33 bits per heavy atom. The topological polar surface area (TPSA) is 48.3 Å². The monoisotopic (exact) mass is 213 g/mol. The van der Waals surface area contributed by atoms with Crippen LogP contribution >= 0.6 is 0 Å². The minimum absolute atomic E-state index is 0.602. The zero-order valence-corrected chi connectivity index (χ0v) is 9.96. The van der Waals surface area contributed by atoms with Gasteiger partial charge < -0.3 is 10.1 Å². The van der Waals surface area contributed by atoms with Crippen molar-refractivity contribution in [1.82, 2.24) is 10.2 Å². The summed E-state index contributed by atoms with van der Waals surface area (Å²) >= 11 is 0. The standard InChI is InChI=1S/C11H23N3O/c1-3-13-7-5-9-14(8-4-6-12)10-11-15-2/h13H,3-5,7-11H2,1-2H3. The van der Waals surface area contributed by atoms with Crippen molar-refractivity contribution >= 4 is 0 Å². The molecule has 0 rings (SSSR count). The normalized spacial score (nSPS) is 10.5. The second-order valence-corrected chi connectivity index (χ2v) is 3.45. The van der Waals surface area contributed by atoms with Crippen molar-refractivity contribution in [2.24, 2.45) is 0 Å². The van der Waals surface area contributed by atoms with Crippen LogP contribution in [-0.2, 0) is 4.74 Å². The molecule has 88 valence electrons. The summed E-state index contributed by atoms with van der Waals surface area (Å²) in [5.41, 5.74) is 0. The molecule has 0 amide bonds. The van der Waals surface area contributed by atoms with Crippen LogP contribution in [0.15, 0.2) is 0 Å². The third-order valence-corrected chi connectivity index (χ3v) is 2.23. The Bertz CT molecular complexity index is 168. The summed E-state index contributed by atoms with van der Waals surface area (Å²) in [7, 11) is 1.71. The van der Waals surface area contributed by atoms with Crippen molar-refractivity contribution in [3.05, 3.63) is 0 Å². The van der Waals surface area contributed by atoms with Gasteiger partial charge in [-0.25, -0.2) is 0 Å². The predicted octanol–water partition coefficient (Wildman–Crippen LogP) is 0.848. The van der Waals surface area contributed by atoms with E-state index in [-0.39, 0.29) is 0 Å². The van der Waals surface area contributed by atoms with Crippen LogP contribution in [0.1, 0.15) is 19.8 Å². The van der Waals surface area contributed by atoms with Crippen LogP contribution in [0.4, 0.5) is 0 Å². The molecule has 0 aromatic carbocycles. The van der Waals surface area contributed by atoms with E-state index >= 15 is 0 Å². The maximum atomic E-state index is 8.53. The first-order valence-electron chi connectivity index (χ1n) is 5.64. The van der Waals surface area contributed by atoms with E-state index in [4.69, 9.17) is 10.00 Å². The lowest BCUT2D eigenvalue weighted by molar-refractivity contribution is 0.148. The number of hydrogen-bond acceptors (Lipinski definition) is 4. The lowest BCUT2D eigenvalue weighted by atomic mass is 10.3. The van der Waals surface area contributed by atoms with Crippen LogP contribution < -0.4 is 5.32 Å². The summed E-state index contributed by atoms with van der Waals surface area (Å²) in [5.74, 6) is 0. The first-order chi connectivity index (χ1) is 7.35. The average molecular weight is 213 g/mol. The van der Waals surface area contributed by atoms with Gasteiger partial charge in [0.15, 0.2) is 0 Å². The van der Waals surface area contributed by atoms with Crippen molar-refractivity contribution in [2.75, 3.05) is 46.4 Å². The highest BCUT2D eigenvalue weighted by atomic mass is 16.5. The van der Waals surface area contributed by atoms with Crippen molar-refractivity contribution in [2.45, 2.75) is 19.8 Å². The van der Waals surface area contributed by atoms with Crippen LogP contribution in [-0.4, -0.2) is 51.3 Å². The molecular formula is C11H23N3O. The molecule has 0 spiro atoms. The highest BCUT2D eigenvalue weighted by Gasteiger charge is 2.03. The van der Waals surface area contributed by atoms with Gasteiger partial charge in [-0.15, -0.1) is 0 Å². The zero-order chi connectivity index (χ0) is 11.4. The number of nitrogens with zero attached hydrogens (tertiary/aromatic N) is 2. The molecule has 0 aliphatic rings. The molecule has 0 bridgehead atoms. The average Bonchev–Trinajstić information content (AvgIpc) is 2.27. The Morgan fingerprint density at radius 3 is 2.73 bits per heavy atom. The smallest absolute Gasteiger partial charge is 0.0635 e. The SMILES string of the molecule is CCNCCCN(CCC#N)CCOC. The minimum Gasteiger partial charge on any atom is -0.383 e. The van der Waals surface area contributed by atoms with Crippen molar-refractivity contribution in [3.63, 3.8) is 0 Å². The van der Waals surface area contributed by atoms with Crippen LogP contribution in [0.25, 0.3) is 0 Å². The van der Waals surface area contributed by atoms with E-state index in [1.54, 1.807) is 7.11 Å². The molecule has 0 unspecified atom stereocenters. The summed E-state index contributed by atoms with van der Waals surface area (Å²) in [6.45, 7) is 7.74. The van der Waals surface area contributed by atoms with Gasteiger partial charge in [-0.2, -0.15) is 5.26 Å². The number of nitriles is 1. The number of nitrogens with one attached hydrogen (secondary N) is 1. The molecule has 4 heteroatoms. The van der Waals surface area contributed by atoms with Gasteiger partial charge in [-0.3, -0.25) is 4.90 Å². The largest absolute Gasteiger partial charge is 0.383 e. The van der Waals surface area contributed by atoms with E-state index in [1.165, 1.54) is 0 Å². The van der Waals surface area contributed by atoms with E-state index < -0.39 is 0 Å². The molecule has 0 aromatic rings. The third kappa shape index (κ3) is 9.67. The van der Waals surface area contributed by atoms with E-state index in [0.717, 1.165) is 45.8 Å². The van der Waals surface area contributed by atoms with Crippen molar-refractivity contribution < 1.29 is 4.74 Å². The minimum atomic E-state index is 0.602. The van der Waals surface area contributed by atoms with Gasteiger partial charge in [-0.1, -0.05) is 6.92 Å². The molecule has 0 aliphatic carbocycles. The third-order valence-electron chi connectivity index (χ3n) is 2.23. The Morgan fingerprint density at radius 2 is 2.13 bits per heavy atom. The maximum Gasteiger partial charge on any atom is 0.0635 e. The molecule has 1 N–H and O–H groups in total. The van der Waals surface area contributed by atoms with Crippen LogP contribution in [0.2, 0.25) is 0 Å². The fourth-order valence-electron chi connectivity index (χ4n) is 1.37. The fraction of sp³-hybridized carbons (Fsp3) is 0.909. The van der Waals surface area contributed by atoms with E-state index in [2.05, 4.69) is 23.2 Å². The molecule has 0 heterocycles. The first-order valence-corrected chi connectivity index (χ1v) is 5.64. The lowest BCUT2D eigenvalue weighted by Gasteiger charge is -2.20. The second-order valence-electron chi connectivity index (χ2n) is 3.45. The molecule has 0 fully saturated rings. The summed E-state index contributed by atoms with van der Waals surface area (Å²) < 4.78 is 5.04. The number of hydrogen-bond donors (Lipinski definition) is 1. The van der Waals surface area contributed by atoms with E-state index in [9.17, 15) is 0 Å². The Kier molecular flexibility index (Phi) is 11.0. The molecule has 0 radical (unpaired) electrons. The highest BCUT2D eigenvalue weighted by Crippen LogP contribution is 1.93. The molecule has 0 aliphatic heterocycles. The first kappa shape index (κ1) is 14.4. The Balaban J connectivity index is 3.55. The van der Waals surface area contributed by atoms with Crippen LogP contribution in [0, 0.1) is 11.3 Å². The molecule has 15 heavy (non-hydrogen) atoms. The van der Waals surface area contributed by atoms with Gasteiger partial charge in [-0.05, 0) is 26.1 Å². The highest BCUT2D eigenvalue weighted by molar-refractivity contribution is 4.72. The summed E-state index contributed by atoms with van der Waals surface area (Å²) in [5, 5.41) is 11.8. The molecule has 4 nitrogen and oxygen atoms in total. The summed E-state index contributed by atoms with van der Waals surface area (Å²) in [6, 6.07) is 2.18. The van der Waals surface area contributed by atoms with Gasteiger partial charge in [0.2, 0.25) is 0 Å². The Hall–Kier alpha value is -0.630. The molecule has 0 atom stereocenters. The summed E-state index contributed by atoms with van der Waals surface area (Å²) in [4.78, 5) is 2.28. The van der Waals surface area contributed by atoms with Crippen LogP contribution in [0.5, 0.6) is 0 Å². The maximum absolute atomic E-state index is 8.53. The van der Waals surface area contributed by atoms with E-state index in [0.29, 0.717) is 6.42 Å². The van der Waals surface area contributed by atoms with Crippen molar-refractivity contribution in [1.29, 1.82) is 5.26 Å². The molecule has 0 saturated carbocycles. The van der Waals surface area contributed by atoms with Gasteiger partial charge >= 0.3 is 0 Å². The second kappa shape index (κ2) is 11.4. The molecular weight excluding hydrogens is 190 g/mol. The molecule has 0 saturated heterocycles. The number of ether oxygens (including phenoxy) is 1. The number of methoxy groups -OCH3 is 1. The lowest BCUT2D eigenvalue weighted by Crippen LogP contribution is -2.31. The summed E-state index contributed by atoms with van der Waals surface area (Å²) in [6.07, 6.45) is 1.73. The van der Waals surface area contributed by atoms with Gasteiger partial charge in [0.05, 0.1) is 12.7 Å². The van der Waals surface area contributed by atoms with Crippen LogP contribution in [0.3, 0.4) is 0 Å². The van der Waals surface area contributed by atoms with Gasteiger partial charge in [0.25, 0.3) is 0 Å². The fourth-order valence-corrected chi connectivity index (χ4v) is 1.37. The van der Waals surface area contributed by atoms with Crippen molar-refractivity contribution in [3.8, 4) is 6.07 Å². The predicted molar refractivity (Wildman–Crippen MR) is 61.7 cm³/mol. The quantitative estimate of drug-likeness (QED) is 0.547. The number of rotatable bonds is 10. The van der Waals surface area contributed by atoms with E-state index in [1.807, 2.05) is 0 Å². The van der Waals surface area contributed by atoms with Gasteiger partial charge in [0, 0.05) is 26.6 Å². The molecule has 0 aromatic heterocycles. The Labute approximate surface area is 93.2 Å². The zero-order valence-electron chi connectivity index (χ0n) is 9.96.